The Balaban J connectivity index is 2.48. The molecule has 1 aromatic heterocycles. The van der Waals surface area contributed by atoms with Crippen LogP contribution in [0.5, 0.6) is 0 Å². The third-order valence-electron chi connectivity index (χ3n) is 1.81. The lowest BCUT2D eigenvalue weighted by Gasteiger charge is -1.96. The second kappa shape index (κ2) is 3.41. The van der Waals surface area contributed by atoms with Gasteiger partial charge in [-0.15, -0.1) is 11.3 Å². The Labute approximate surface area is 80.1 Å². The van der Waals surface area contributed by atoms with Gasteiger partial charge in [0.2, 0.25) is 0 Å². The zero-order valence-electron chi connectivity index (χ0n) is 7.28. The largest absolute Gasteiger partial charge is 0.300 e. The highest BCUT2D eigenvalue weighted by molar-refractivity contribution is 7.18. The first-order valence-corrected chi connectivity index (χ1v) is 4.79. The van der Waals surface area contributed by atoms with Crippen molar-refractivity contribution in [2.45, 2.75) is 13.5 Å². The molecule has 0 amide bonds. The number of hydrogen-bond acceptors (Lipinski definition) is 4. The maximum absolute atomic E-state index is 5.00. The molecule has 0 atom stereocenters. The average molecular weight is 194 g/mol. The van der Waals surface area contributed by atoms with Crippen molar-refractivity contribution in [3.8, 4) is 0 Å². The van der Waals surface area contributed by atoms with Gasteiger partial charge in [0, 0.05) is 0 Å². The summed E-state index contributed by atoms with van der Waals surface area (Å²) in [5.74, 6) is 5.00. The van der Waals surface area contributed by atoms with Crippen LogP contribution in [0.4, 0.5) is 0 Å². The van der Waals surface area contributed by atoms with Crippen LogP contribution < -0.4 is 5.90 Å². The van der Waals surface area contributed by atoms with Gasteiger partial charge in [0.05, 0.1) is 21.8 Å². The van der Waals surface area contributed by atoms with E-state index in [1.807, 2.05) is 19.1 Å². The molecule has 0 aliphatic carbocycles. The summed E-state index contributed by atoms with van der Waals surface area (Å²) in [6.07, 6.45) is 0. The standard InChI is InChI=1S/C9H10N2OS/c1-6-11-8-3-2-7(5-12-10)4-9(8)13-6/h2-4H,5,10H2,1H3. The van der Waals surface area contributed by atoms with Gasteiger partial charge in [0.1, 0.15) is 0 Å². The van der Waals surface area contributed by atoms with Gasteiger partial charge in [0.15, 0.2) is 0 Å². The number of benzene rings is 1. The van der Waals surface area contributed by atoms with Gasteiger partial charge < -0.3 is 0 Å². The fourth-order valence-electron chi connectivity index (χ4n) is 1.27. The van der Waals surface area contributed by atoms with Crippen LogP contribution >= 0.6 is 11.3 Å². The fraction of sp³-hybridized carbons (Fsp3) is 0.222. The number of aromatic nitrogens is 1. The fourth-order valence-corrected chi connectivity index (χ4v) is 2.16. The molecule has 4 heteroatoms. The molecule has 2 aromatic rings. The first-order valence-electron chi connectivity index (χ1n) is 3.97. The molecule has 0 saturated carbocycles. The van der Waals surface area contributed by atoms with Crippen molar-refractivity contribution in [1.82, 2.24) is 4.98 Å². The van der Waals surface area contributed by atoms with Gasteiger partial charge in [-0.3, -0.25) is 4.84 Å². The summed E-state index contributed by atoms with van der Waals surface area (Å²) >= 11 is 1.68. The van der Waals surface area contributed by atoms with Gasteiger partial charge >= 0.3 is 0 Å². The van der Waals surface area contributed by atoms with Gasteiger partial charge in [0.25, 0.3) is 0 Å². The molecule has 0 spiro atoms. The van der Waals surface area contributed by atoms with Crippen molar-refractivity contribution in [1.29, 1.82) is 0 Å². The van der Waals surface area contributed by atoms with E-state index in [0.717, 1.165) is 16.1 Å². The number of nitrogens with zero attached hydrogens (tertiary/aromatic N) is 1. The number of nitrogens with two attached hydrogens (primary N) is 1. The van der Waals surface area contributed by atoms with Crippen molar-refractivity contribution < 1.29 is 4.84 Å². The molecular formula is C9H10N2OS. The normalized spacial score (nSPS) is 10.9. The maximum atomic E-state index is 5.00. The van der Waals surface area contributed by atoms with Crippen molar-refractivity contribution in [2.75, 3.05) is 0 Å². The van der Waals surface area contributed by atoms with Crippen LogP contribution in [0.2, 0.25) is 0 Å². The van der Waals surface area contributed by atoms with Crippen molar-refractivity contribution >= 4 is 21.6 Å². The van der Waals surface area contributed by atoms with Crippen LogP contribution in [0.1, 0.15) is 10.6 Å². The molecule has 0 bridgehead atoms. The summed E-state index contributed by atoms with van der Waals surface area (Å²) in [4.78, 5) is 8.93. The average Bonchev–Trinajstić information content (AvgIpc) is 2.44. The van der Waals surface area contributed by atoms with Gasteiger partial charge in [-0.05, 0) is 24.6 Å². The zero-order valence-corrected chi connectivity index (χ0v) is 8.10. The molecule has 1 aromatic carbocycles. The molecule has 1 heterocycles. The van der Waals surface area contributed by atoms with E-state index in [1.54, 1.807) is 11.3 Å². The second-order valence-electron chi connectivity index (χ2n) is 2.85. The quantitative estimate of drug-likeness (QED) is 0.744. The lowest BCUT2D eigenvalue weighted by molar-refractivity contribution is 0.124. The number of thiazole rings is 1. The Morgan fingerprint density at radius 3 is 3.15 bits per heavy atom. The van der Waals surface area contributed by atoms with E-state index in [-0.39, 0.29) is 0 Å². The Bertz CT molecular complexity index is 424. The van der Waals surface area contributed by atoms with E-state index in [4.69, 9.17) is 5.90 Å². The minimum atomic E-state index is 0.451. The summed E-state index contributed by atoms with van der Waals surface area (Å²) in [6.45, 7) is 2.46. The van der Waals surface area contributed by atoms with Crippen molar-refractivity contribution in [3.63, 3.8) is 0 Å². The van der Waals surface area contributed by atoms with Gasteiger partial charge in [-0.1, -0.05) is 6.07 Å². The monoisotopic (exact) mass is 194 g/mol. The van der Waals surface area contributed by atoms with Crippen LogP contribution in [0.25, 0.3) is 10.2 Å². The number of hydrogen-bond donors (Lipinski definition) is 1. The lowest BCUT2D eigenvalue weighted by Crippen LogP contribution is -1.98. The first-order chi connectivity index (χ1) is 6.29. The third kappa shape index (κ3) is 1.70. The minimum absolute atomic E-state index is 0.451. The minimum Gasteiger partial charge on any atom is -0.300 e. The van der Waals surface area contributed by atoms with Crippen LogP contribution in [0.3, 0.4) is 0 Å². The highest BCUT2D eigenvalue weighted by atomic mass is 32.1. The maximum Gasteiger partial charge on any atom is 0.0930 e. The number of rotatable bonds is 2. The molecule has 0 saturated heterocycles. The molecule has 0 fully saturated rings. The highest BCUT2D eigenvalue weighted by Crippen LogP contribution is 2.22. The van der Waals surface area contributed by atoms with Crippen LogP contribution in [-0.2, 0) is 11.4 Å². The Kier molecular flexibility index (Phi) is 2.26. The van der Waals surface area contributed by atoms with Gasteiger partial charge in [-0.2, -0.15) is 0 Å². The summed E-state index contributed by atoms with van der Waals surface area (Å²) in [7, 11) is 0. The molecular weight excluding hydrogens is 184 g/mol. The summed E-state index contributed by atoms with van der Waals surface area (Å²) in [5, 5.41) is 1.08. The highest BCUT2D eigenvalue weighted by Gasteiger charge is 2.00. The molecule has 2 rings (SSSR count). The van der Waals surface area contributed by atoms with Crippen LogP contribution in [0, 0.1) is 6.92 Å². The molecule has 13 heavy (non-hydrogen) atoms. The van der Waals surface area contributed by atoms with E-state index in [0.29, 0.717) is 6.61 Å². The number of fused-ring (bicyclic) bond motifs is 1. The molecule has 2 N–H and O–H groups in total. The SMILES string of the molecule is Cc1nc2ccc(CON)cc2s1. The Hall–Kier alpha value is -0.970. The summed E-state index contributed by atoms with van der Waals surface area (Å²) in [5.41, 5.74) is 2.13. The van der Waals surface area contributed by atoms with Gasteiger partial charge in [-0.25, -0.2) is 10.9 Å². The van der Waals surface area contributed by atoms with E-state index >= 15 is 0 Å². The van der Waals surface area contributed by atoms with E-state index in [9.17, 15) is 0 Å². The van der Waals surface area contributed by atoms with Crippen molar-refractivity contribution in [3.05, 3.63) is 28.8 Å². The topological polar surface area (TPSA) is 48.1 Å². The van der Waals surface area contributed by atoms with Crippen molar-refractivity contribution in [2.24, 2.45) is 5.90 Å². The number of aryl methyl sites for hydroxylation is 1. The predicted octanol–water partition coefficient (Wildman–Crippen LogP) is 2.00. The Morgan fingerprint density at radius 1 is 1.54 bits per heavy atom. The summed E-state index contributed by atoms with van der Waals surface area (Å²) < 4.78 is 1.19. The first kappa shape index (κ1) is 8.62. The van der Waals surface area contributed by atoms with Crippen LogP contribution in [-0.4, -0.2) is 4.98 Å². The Morgan fingerprint density at radius 2 is 2.38 bits per heavy atom. The third-order valence-corrected chi connectivity index (χ3v) is 2.74. The second-order valence-corrected chi connectivity index (χ2v) is 4.08. The summed E-state index contributed by atoms with van der Waals surface area (Å²) in [6, 6.07) is 6.04. The van der Waals surface area contributed by atoms with E-state index in [1.165, 1.54) is 4.70 Å². The molecule has 3 nitrogen and oxygen atoms in total. The predicted molar refractivity (Wildman–Crippen MR) is 53.3 cm³/mol. The zero-order chi connectivity index (χ0) is 9.26. The molecule has 0 aliphatic rings. The molecule has 0 radical (unpaired) electrons. The van der Waals surface area contributed by atoms with E-state index in [2.05, 4.69) is 15.9 Å². The van der Waals surface area contributed by atoms with Crippen LogP contribution in [0.15, 0.2) is 18.2 Å². The lowest BCUT2D eigenvalue weighted by atomic mass is 10.2. The smallest absolute Gasteiger partial charge is 0.0930 e. The van der Waals surface area contributed by atoms with E-state index < -0.39 is 0 Å². The molecule has 0 unspecified atom stereocenters. The molecule has 0 aliphatic heterocycles. The molecule has 68 valence electrons.